The van der Waals surface area contributed by atoms with Gasteiger partial charge in [-0.3, -0.25) is 14.7 Å². The van der Waals surface area contributed by atoms with E-state index in [1.54, 1.807) is 42.5 Å². The number of ether oxygens (including phenoxy) is 1. The lowest BCUT2D eigenvalue weighted by molar-refractivity contribution is -0.131. The maximum atomic E-state index is 12.8. The summed E-state index contributed by atoms with van der Waals surface area (Å²) in [4.78, 5) is 55.4. The quantitative estimate of drug-likeness (QED) is 0.240. The number of esters is 1. The number of carbonyl (C=O) groups excluding carboxylic acids is 3. The smallest absolute Gasteiger partial charge is 0.387 e. The fraction of sp³-hybridized carbons (Fsp3) is 0.179. The van der Waals surface area contributed by atoms with Crippen molar-refractivity contribution in [1.82, 2.24) is 15.7 Å². The largest absolute Gasteiger partial charge is 0.457 e. The van der Waals surface area contributed by atoms with Gasteiger partial charge in [-0.05, 0) is 41.7 Å². The van der Waals surface area contributed by atoms with Crippen molar-refractivity contribution in [2.24, 2.45) is 5.73 Å². The molecule has 4 rings (SSSR count). The second-order valence-corrected chi connectivity index (χ2v) is 8.48. The van der Waals surface area contributed by atoms with Gasteiger partial charge in [0.05, 0.1) is 22.5 Å². The van der Waals surface area contributed by atoms with Crippen molar-refractivity contribution in [3.63, 3.8) is 0 Å². The highest BCUT2D eigenvalue weighted by molar-refractivity contribution is 5.94. The molecule has 0 aliphatic carbocycles. The maximum Gasteiger partial charge on any atom is 0.387 e. The van der Waals surface area contributed by atoms with Crippen LogP contribution in [0, 0.1) is 0 Å². The summed E-state index contributed by atoms with van der Waals surface area (Å²) in [6, 6.07) is 19.9. The van der Waals surface area contributed by atoms with E-state index in [-0.39, 0.29) is 18.6 Å². The number of aryl methyl sites for hydroxylation is 1. The summed E-state index contributed by atoms with van der Waals surface area (Å²) in [5.41, 5.74) is 9.69. The van der Waals surface area contributed by atoms with Gasteiger partial charge in [0.1, 0.15) is 6.61 Å². The molecule has 0 saturated carbocycles. The van der Waals surface area contributed by atoms with Crippen LogP contribution in [0.1, 0.15) is 44.5 Å². The van der Waals surface area contributed by atoms with Gasteiger partial charge in [-0.1, -0.05) is 67.6 Å². The Bertz CT molecular complexity index is 1530. The number of hydrogen-bond donors (Lipinski definition) is 3. The summed E-state index contributed by atoms with van der Waals surface area (Å²) in [6.45, 7) is 1.98. The minimum absolute atomic E-state index is 0.0331. The average Bonchev–Trinajstić information content (AvgIpc) is 2.95. The van der Waals surface area contributed by atoms with Crippen LogP contribution in [0.2, 0.25) is 0 Å². The van der Waals surface area contributed by atoms with E-state index in [2.05, 4.69) is 10.2 Å². The minimum atomic E-state index is -1.17. The van der Waals surface area contributed by atoms with Gasteiger partial charge < -0.3 is 15.3 Å². The van der Waals surface area contributed by atoms with E-state index < -0.39 is 35.0 Å². The Morgan fingerprint density at radius 3 is 2.42 bits per heavy atom. The molecule has 0 spiro atoms. The number of H-pyrrole nitrogens is 1. The van der Waals surface area contributed by atoms with Gasteiger partial charge in [-0.2, -0.15) is 10.6 Å². The zero-order valence-electron chi connectivity index (χ0n) is 20.6. The van der Waals surface area contributed by atoms with Crippen LogP contribution >= 0.6 is 0 Å². The highest BCUT2D eigenvalue weighted by Crippen LogP contribution is 2.15. The Balaban J connectivity index is 1.39. The lowest BCUT2D eigenvalue weighted by Gasteiger charge is -2.14. The van der Waals surface area contributed by atoms with Crippen LogP contribution in [0.3, 0.4) is 0 Å². The predicted octanol–water partition coefficient (Wildman–Crippen LogP) is 2.60. The number of fused-ring (bicyclic) bond motifs is 1. The monoisotopic (exact) mass is 514 g/mol. The van der Waals surface area contributed by atoms with Gasteiger partial charge in [0.2, 0.25) is 11.1 Å². The average molecular weight is 515 g/mol. The Kier molecular flexibility index (Phi) is 8.24. The summed E-state index contributed by atoms with van der Waals surface area (Å²) in [6.07, 6.45) is 0.542. The lowest BCUT2D eigenvalue weighted by Crippen LogP contribution is -2.43. The molecule has 38 heavy (non-hydrogen) atoms. The van der Waals surface area contributed by atoms with Gasteiger partial charge >= 0.3 is 11.9 Å². The molecule has 0 saturated heterocycles. The fourth-order valence-electron chi connectivity index (χ4n) is 3.93. The Morgan fingerprint density at radius 1 is 0.947 bits per heavy atom. The first-order chi connectivity index (χ1) is 18.4. The first kappa shape index (κ1) is 26.2. The van der Waals surface area contributed by atoms with Gasteiger partial charge in [0.25, 0.3) is 5.91 Å². The number of aromatic nitrogens is 2. The van der Waals surface area contributed by atoms with Crippen molar-refractivity contribution in [2.45, 2.75) is 32.4 Å². The number of hydroxylamine groups is 1. The van der Waals surface area contributed by atoms with Gasteiger partial charge in [0, 0.05) is 0 Å². The number of nitrogens with zero attached hydrogens (tertiary/aromatic N) is 1. The topological polar surface area (TPSA) is 153 Å². The molecule has 1 amide bonds. The standard InChI is InChI=1S/C28H26N4O6/c1-2-18-12-8-14-22-23(18)25(33)24(31-30-22)28(36)38-32-26(34)21(29)15-19-11-6-7-13-20(19)27(35)37-16-17-9-4-3-5-10-17/h3-14,21H,2,15-16,29H2,1H3,(H,30,33)(H,32,34)/t21-/m0/s1. The second kappa shape index (κ2) is 11.9. The van der Waals surface area contributed by atoms with Crippen LogP contribution in [0.4, 0.5) is 0 Å². The van der Waals surface area contributed by atoms with Crippen LogP contribution in [0.5, 0.6) is 0 Å². The van der Waals surface area contributed by atoms with E-state index in [1.807, 2.05) is 42.7 Å². The van der Waals surface area contributed by atoms with Crippen molar-refractivity contribution >= 4 is 28.7 Å². The Morgan fingerprint density at radius 2 is 1.66 bits per heavy atom. The number of benzene rings is 3. The normalized spacial score (nSPS) is 11.5. The van der Waals surface area contributed by atoms with E-state index >= 15 is 0 Å². The third kappa shape index (κ3) is 5.93. The predicted molar refractivity (Wildman–Crippen MR) is 139 cm³/mol. The zero-order chi connectivity index (χ0) is 27.1. The molecule has 0 aliphatic rings. The van der Waals surface area contributed by atoms with E-state index in [9.17, 15) is 19.2 Å². The molecule has 10 nitrogen and oxygen atoms in total. The van der Waals surface area contributed by atoms with E-state index in [4.69, 9.17) is 15.3 Å². The maximum absolute atomic E-state index is 12.8. The van der Waals surface area contributed by atoms with Gasteiger partial charge in [-0.25, -0.2) is 9.59 Å². The first-order valence-electron chi connectivity index (χ1n) is 11.9. The third-order valence-electron chi connectivity index (χ3n) is 5.93. The molecule has 0 bridgehead atoms. The number of aromatic amines is 1. The summed E-state index contributed by atoms with van der Waals surface area (Å²) in [7, 11) is 0. The highest BCUT2D eigenvalue weighted by Gasteiger charge is 2.23. The molecule has 4 aromatic rings. The number of amides is 1. The summed E-state index contributed by atoms with van der Waals surface area (Å²) < 4.78 is 5.39. The Hall–Kier alpha value is -4.83. The van der Waals surface area contributed by atoms with Crippen LogP contribution < -0.4 is 16.6 Å². The van der Waals surface area contributed by atoms with Crippen LogP contribution in [0.25, 0.3) is 10.9 Å². The van der Waals surface area contributed by atoms with Crippen molar-refractivity contribution in [3.05, 3.63) is 111 Å². The summed E-state index contributed by atoms with van der Waals surface area (Å²) >= 11 is 0. The van der Waals surface area contributed by atoms with Gasteiger partial charge in [-0.15, -0.1) is 0 Å². The molecule has 0 unspecified atom stereocenters. The molecule has 0 fully saturated rings. The molecule has 1 atom stereocenters. The number of hydrogen-bond acceptors (Lipinski definition) is 8. The summed E-state index contributed by atoms with van der Waals surface area (Å²) in [5.74, 6) is -2.52. The SMILES string of the molecule is CCc1cccc2[nH]nc(C(=O)ONC(=O)[C@@H](N)Cc3ccccc3C(=O)OCc3ccccc3)c(=O)c12. The lowest BCUT2D eigenvalue weighted by atomic mass is 10.0. The fourth-order valence-corrected chi connectivity index (χ4v) is 3.93. The van der Waals surface area contributed by atoms with Gasteiger partial charge in [0.15, 0.2) is 0 Å². The number of nitrogens with one attached hydrogen (secondary N) is 2. The molecule has 4 N–H and O–H groups in total. The van der Waals surface area contributed by atoms with E-state index in [1.165, 1.54) is 0 Å². The Labute approximate surface area is 217 Å². The molecular weight excluding hydrogens is 488 g/mol. The molecule has 1 aromatic heterocycles. The molecule has 3 aromatic carbocycles. The molecule has 0 aliphatic heterocycles. The number of carbonyl (C=O) groups is 3. The van der Waals surface area contributed by atoms with Crippen LogP contribution in [-0.4, -0.2) is 34.1 Å². The number of rotatable bonds is 8. The van der Waals surface area contributed by atoms with Crippen molar-refractivity contribution in [1.29, 1.82) is 0 Å². The van der Waals surface area contributed by atoms with Crippen molar-refractivity contribution in [3.8, 4) is 0 Å². The van der Waals surface area contributed by atoms with Crippen LogP contribution in [-0.2, 0) is 33.8 Å². The molecule has 10 heteroatoms. The number of nitrogens with two attached hydrogens (primary N) is 1. The highest BCUT2D eigenvalue weighted by atomic mass is 16.7. The van der Waals surface area contributed by atoms with E-state index in [0.717, 1.165) is 11.1 Å². The van der Waals surface area contributed by atoms with Crippen molar-refractivity contribution in [2.75, 3.05) is 0 Å². The van der Waals surface area contributed by atoms with E-state index in [0.29, 0.717) is 22.9 Å². The third-order valence-corrected chi connectivity index (χ3v) is 5.93. The first-order valence-corrected chi connectivity index (χ1v) is 11.9. The summed E-state index contributed by atoms with van der Waals surface area (Å²) in [5, 5.41) is 6.79. The molecule has 194 valence electrons. The second-order valence-electron chi connectivity index (χ2n) is 8.48. The molecular formula is C28H26N4O6. The minimum Gasteiger partial charge on any atom is -0.457 e. The zero-order valence-corrected chi connectivity index (χ0v) is 20.6. The van der Waals surface area contributed by atoms with Crippen LogP contribution in [0.15, 0.2) is 77.6 Å². The molecule has 0 radical (unpaired) electrons. The molecule has 1 heterocycles. The van der Waals surface area contributed by atoms with Crippen molar-refractivity contribution < 1.29 is 24.0 Å².